The lowest BCUT2D eigenvalue weighted by atomic mass is 10.2. The van der Waals surface area contributed by atoms with Crippen LogP contribution in [0.15, 0.2) is 39.3 Å². The van der Waals surface area contributed by atoms with E-state index in [-0.39, 0.29) is 21.7 Å². The fourth-order valence-corrected chi connectivity index (χ4v) is 3.44. The van der Waals surface area contributed by atoms with Gasteiger partial charge in [-0.15, -0.1) is 11.3 Å². The number of nitrogens with one attached hydrogen (secondary N) is 3. The lowest BCUT2D eigenvalue weighted by Gasteiger charge is -1.99. The van der Waals surface area contributed by atoms with E-state index in [9.17, 15) is 18.0 Å². The average molecular weight is 410 g/mol. The first-order valence-electron chi connectivity index (χ1n) is 7.41. The second-order valence-corrected chi connectivity index (χ2v) is 7.79. The van der Waals surface area contributed by atoms with E-state index in [0.29, 0.717) is 11.3 Å². The van der Waals surface area contributed by atoms with Crippen molar-refractivity contribution >= 4 is 38.4 Å². The number of carbonyl (C=O) groups excluding carboxylic acids is 2. The Labute approximate surface area is 157 Å². The first-order valence-corrected chi connectivity index (χ1v) is 9.77. The first kappa shape index (κ1) is 18.8. The Kier molecular flexibility index (Phi) is 5.12. The van der Waals surface area contributed by atoms with Crippen molar-refractivity contribution < 1.29 is 27.2 Å². The van der Waals surface area contributed by atoms with Gasteiger partial charge in [0, 0.05) is 17.1 Å². The Balaban J connectivity index is 1.73. The summed E-state index contributed by atoms with van der Waals surface area (Å²) in [5, 5.41) is 4.14. The molecular formula is C15H14N4O6S2. The Hall–Kier alpha value is -2.96. The molecule has 10 nitrogen and oxygen atoms in total. The zero-order valence-corrected chi connectivity index (χ0v) is 15.7. The lowest BCUT2D eigenvalue weighted by molar-refractivity contribution is 0.0594. The number of esters is 1. The van der Waals surface area contributed by atoms with Crippen molar-refractivity contribution in [3.8, 4) is 11.3 Å². The summed E-state index contributed by atoms with van der Waals surface area (Å²) in [6, 6.07) is 4.01. The maximum absolute atomic E-state index is 12.2. The van der Waals surface area contributed by atoms with E-state index in [0.717, 1.165) is 11.3 Å². The summed E-state index contributed by atoms with van der Waals surface area (Å²) in [6.07, 6.45) is 1.59. The van der Waals surface area contributed by atoms with Gasteiger partial charge in [-0.05, 0) is 25.2 Å². The first-order chi connectivity index (χ1) is 12.8. The number of hydrogen-bond acceptors (Lipinski definition) is 8. The van der Waals surface area contributed by atoms with Gasteiger partial charge < -0.3 is 14.1 Å². The van der Waals surface area contributed by atoms with E-state index in [4.69, 9.17) is 4.42 Å². The highest BCUT2D eigenvalue weighted by Crippen LogP contribution is 2.26. The van der Waals surface area contributed by atoms with Crippen LogP contribution in [0.5, 0.6) is 0 Å². The SMILES string of the molecule is CNS(=O)(=O)c1ccc(C(=O)Nc2nc(-c3c[nH]c(C(=O)OC)c3)cs2)o1. The van der Waals surface area contributed by atoms with Crippen molar-refractivity contribution in [1.29, 1.82) is 0 Å². The molecule has 0 aliphatic rings. The van der Waals surface area contributed by atoms with E-state index in [2.05, 4.69) is 24.7 Å². The van der Waals surface area contributed by atoms with Crippen LogP contribution < -0.4 is 10.0 Å². The molecule has 3 N–H and O–H groups in total. The minimum atomic E-state index is -3.77. The number of H-pyrrole nitrogens is 1. The van der Waals surface area contributed by atoms with Crippen molar-refractivity contribution in [3.63, 3.8) is 0 Å². The van der Waals surface area contributed by atoms with Crippen molar-refractivity contribution in [2.75, 3.05) is 19.5 Å². The van der Waals surface area contributed by atoms with Crippen LogP contribution in [0.3, 0.4) is 0 Å². The molecule has 0 bridgehead atoms. The number of anilines is 1. The zero-order chi connectivity index (χ0) is 19.6. The Bertz CT molecular complexity index is 1100. The number of thiazole rings is 1. The molecule has 3 rings (SSSR count). The van der Waals surface area contributed by atoms with Gasteiger partial charge >= 0.3 is 5.97 Å². The van der Waals surface area contributed by atoms with Gasteiger partial charge in [0.15, 0.2) is 10.9 Å². The summed E-state index contributed by atoms with van der Waals surface area (Å²) >= 11 is 1.16. The fraction of sp³-hybridized carbons (Fsp3) is 0.133. The lowest BCUT2D eigenvalue weighted by Crippen LogP contribution is -2.18. The van der Waals surface area contributed by atoms with E-state index < -0.39 is 21.9 Å². The number of sulfonamides is 1. The van der Waals surface area contributed by atoms with Gasteiger partial charge in [0.1, 0.15) is 5.69 Å². The molecular weight excluding hydrogens is 396 g/mol. The third-order valence-corrected chi connectivity index (χ3v) is 5.49. The monoisotopic (exact) mass is 410 g/mol. The third kappa shape index (κ3) is 3.92. The molecule has 0 saturated heterocycles. The van der Waals surface area contributed by atoms with Crippen molar-refractivity contribution in [3.05, 3.63) is 41.2 Å². The molecule has 3 aromatic heterocycles. The molecule has 3 aromatic rings. The highest BCUT2D eigenvalue weighted by Gasteiger charge is 2.20. The van der Waals surface area contributed by atoms with Crippen LogP contribution in [0, 0.1) is 0 Å². The summed E-state index contributed by atoms with van der Waals surface area (Å²) in [5.41, 5.74) is 1.46. The molecule has 12 heteroatoms. The van der Waals surface area contributed by atoms with Gasteiger partial charge in [0.05, 0.1) is 12.8 Å². The molecule has 1 amide bonds. The molecule has 0 aromatic carbocycles. The number of nitrogens with zero attached hydrogens (tertiary/aromatic N) is 1. The Morgan fingerprint density at radius 1 is 1.33 bits per heavy atom. The molecule has 27 heavy (non-hydrogen) atoms. The third-order valence-electron chi connectivity index (χ3n) is 3.45. The largest absolute Gasteiger partial charge is 0.464 e. The topological polar surface area (TPSA) is 143 Å². The second-order valence-electron chi connectivity index (χ2n) is 5.11. The molecule has 0 radical (unpaired) electrons. The number of methoxy groups -OCH3 is 1. The van der Waals surface area contributed by atoms with Gasteiger partial charge in [-0.25, -0.2) is 22.9 Å². The smallest absolute Gasteiger partial charge is 0.354 e. The fourth-order valence-electron chi connectivity index (χ4n) is 2.08. The van der Waals surface area contributed by atoms with Gasteiger partial charge in [0.2, 0.25) is 5.09 Å². The number of furan rings is 1. The highest BCUT2D eigenvalue weighted by atomic mass is 32.2. The standard InChI is InChI=1S/C15H14N4O6S2/c1-16-27(22,23)12-4-3-11(25-12)13(20)19-15-18-10(7-26-15)8-5-9(17-6-8)14(21)24-2/h3-7,16-17H,1-2H3,(H,18,19,20). The maximum Gasteiger partial charge on any atom is 0.354 e. The van der Waals surface area contributed by atoms with E-state index in [1.807, 2.05) is 0 Å². The molecule has 0 aliphatic carbocycles. The number of aromatic nitrogens is 2. The average Bonchev–Trinajstić information content (AvgIpc) is 3.39. The molecule has 0 spiro atoms. The minimum absolute atomic E-state index is 0.171. The van der Waals surface area contributed by atoms with Gasteiger partial charge in [-0.3, -0.25) is 10.1 Å². The van der Waals surface area contributed by atoms with E-state index in [1.54, 1.807) is 17.6 Å². The van der Waals surface area contributed by atoms with Crippen LogP contribution in [-0.4, -0.2) is 44.4 Å². The highest BCUT2D eigenvalue weighted by molar-refractivity contribution is 7.89. The molecule has 142 valence electrons. The second kappa shape index (κ2) is 7.34. The number of aromatic amines is 1. The van der Waals surface area contributed by atoms with Crippen LogP contribution in [0.2, 0.25) is 0 Å². The number of hydrogen-bond donors (Lipinski definition) is 3. The minimum Gasteiger partial charge on any atom is -0.464 e. The molecule has 0 saturated carbocycles. The van der Waals surface area contributed by atoms with E-state index >= 15 is 0 Å². The van der Waals surface area contributed by atoms with Gasteiger partial charge in [-0.1, -0.05) is 0 Å². The molecule has 0 aliphatic heterocycles. The summed E-state index contributed by atoms with van der Waals surface area (Å²) in [4.78, 5) is 30.7. The van der Waals surface area contributed by atoms with Crippen molar-refractivity contribution in [1.82, 2.24) is 14.7 Å². The predicted octanol–water partition coefficient (Wildman–Crippen LogP) is 1.68. The normalized spacial score (nSPS) is 11.3. The summed E-state index contributed by atoms with van der Waals surface area (Å²) < 4.78 is 35.1. The zero-order valence-electron chi connectivity index (χ0n) is 14.1. The van der Waals surface area contributed by atoms with Crippen LogP contribution in [-0.2, 0) is 14.8 Å². The quantitative estimate of drug-likeness (QED) is 0.525. The van der Waals surface area contributed by atoms with Crippen molar-refractivity contribution in [2.45, 2.75) is 5.09 Å². The summed E-state index contributed by atoms with van der Waals surface area (Å²) in [7, 11) is -1.26. The van der Waals surface area contributed by atoms with Gasteiger partial charge in [0.25, 0.3) is 15.9 Å². The molecule has 0 unspecified atom stereocenters. The van der Waals surface area contributed by atoms with Crippen LogP contribution in [0.1, 0.15) is 21.0 Å². The van der Waals surface area contributed by atoms with E-state index in [1.165, 1.54) is 26.3 Å². The van der Waals surface area contributed by atoms with Crippen LogP contribution in [0.25, 0.3) is 11.3 Å². The summed E-state index contributed by atoms with van der Waals surface area (Å²) in [6.45, 7) is 0. The van der Waals surface area contributed by atoms with Crippen molar-refractivity contribution in [2.24, 2.45) is 0 Å². The number of rotatable bonds is 6. The Morgan fingerprint density at radius 3 is 2.81 bits per heavy atom. The Morgan fingerprint density at radius 2 is 2.11 bits per heavy atom. The summed E-state index contributed by atoms with van der Waals surface area (Å²) in [5.74, 6) is -1.32. The number of ether oxygens (including phenoxy) is 1. The number of amides is 1. The molecule has 3 heterocycles. The van der Waals surface area contributed by atoms with Gasteiger partial charge in [-0.2, -0.15) is 0 Å². The van der Waals surface area contributed by atoms with Crippen LogP contribution >= 0.6 is 11.3 Å². The predicted molar refractivity (Wildman–Crippen MR) is 96.1 cm³/mol. The number of carbonyl (C=O) groups is 2. The maximum atomic E-state index is 12.2. The van der Waals surface area contributed by atoms with Crippen LogP contribution in [0.4, 0.5) is 5.13 Å². The molecule has 0 fully saturated rings. The molecule has 0 atom stereocenters.